The number of anilines is 2. The van der Waals surface area contributed by atoms with Crippen molar-refractivity contribution in [1.29, 1.82) is 0 Å². The Hall–Kier alpha value is -2.08. The van der Waals surface area contributed by atoms with Gasteiger partial charge in [-0.3, -0.25) is 4.79 Å². The molecule has 21 heavy (non-hydrogen) atoms. The molecule has 0 aromatic heterocycles. The van der Waals surface area contributed by atoms with E-state index in [1.165, 1.54) is 12.1 Å². The first-order valence-corrected chi connectivity index (χ1v) is 7.09. The Morgan fingerprint density at radius 2 is 2.00 bits per heavy atom. The molecule has 2 rings (SSSR count). The van der Waals surface area contributed by atoms with Gasteiger partial charge in [0.1, 0.15) is 11.6 Å². The monoisotopic (exact) mass is 352 g/mol. The van der Waals surface area contributed by atoms with Gasteiger partial charge < -0.3 is 15.8 Å². The summed E-state index contributed by atoms with van der Waals surface area (Å²) in [5, 5.41) is 2.71. The van der Waals surface area contributed by atoms with Gasteiger partial charge in [0.25, 0.3) is 5.91 Å². The number of hydrogen-bond donors (Lipinski definition) is 2. The minimum Gasteiger partial charge on any atom is -0.494 e. The van der Waals surface area contributed by atoms with E-state index in [9.17, 15) is 9.18 Å². The van der Waals surface area contributed by atoms with Crippen LogP contribution in [0.3, 0.4) is 0 Å². The summed E-state index contributed by atoms with van der Waals surface area (Å²) in [5.41, 5.74) is 6.28. The van der Waals surface area contributed by atoms with Crippen LogP contribution in [0, 0.1) is 5.82 Å². The summed E-state index contributed by atoms with van der Waals surface area (Å²) in [5.74, 6) is -0.222. The predicted octanol–water partition coefficient (Wildman–Crippen LogP) is 3.82. The second-order valence-corrected chi connectivity index (χ2v) is 5.12. The molecule has 0 aliphatic carbocycles. The zero-order chi connectivity index (χ0) is 15.4. The number of rotatable bonds is 4. The second-order valence-electron chi connectivity index (χ2n) is 4.27. The maximum atomic E-state index is 13.3. The fraction of sp³-hybridized carbons (Fsp3) is 0.133. The number of benzene rings is 2. The molecule has 0 spiro atoms. The van der Waals surface area contributed by atoms with Gasteiger partial charge >= 0.3 is 0 Å². The van der Waals surface area contributed by atoms with Crippen LogP contribution in [-0.4, -0.2) is 12.5 Å². The van der Waals surface area contributed by atoms with Gasteiger partial charge in [0, 0.05) is 10.2 Å². The van der Waals surface area contributed by atoms with Crippen molar-refractivity contribution in [1.82, 2.24) is 0 Å². The average Bonchev–Trinajstić information content (AvgIpc) is 2.45. The fourth-order valence-corrected chi connectivity index (χ4v) is 2.23. The normalized spacial score (nSPS) is 10.2. The third kappa shape index (κ3) is 3.72. The van der Waals surface area contributed by atoms with Crippen LogP contribution < -0.4 is 15.8 Å². The molecule has 2 aromatic rings. The molecule has 0 fully saturated rings. The number of nitrogen functional groups attached to an aromatic ring is 1. The Kier molecular flexibility index (Phi) is 4.80. The van der Waals surface area contributed by atoms with E-state index in [1.54, 1.807) is 24.3 Å². The third-order valence-electron chi connectivity index (χ3n) is 2.75. The van der Waals surface area contributed by atoms with Crippen LogP contribution in [0.2, 0.25) is 0 Å². The maximum Gasteiger partial charge on any atom is 0.256 e. The first kappa shape index (κ1) is 15.3. The Morgan fingerprint density at radius 1 is 1.33 bits per heavy atom. The van der Waals surface area contributed by atoms with Crippen LogP contribution in [0.5, 0.6) is 5.75 Å². The molecule has 6 heteroatoms. The smallest absolute Gasteiger partial charge is 0.256 e. The number of hydrogen-bond acceptors (Lipinski definition) is 3. The number of carbonyl (C=O) groups excluding carboxylic acids is 1. The van der Waals surface area contributed by atoms with Gasteiger partial charge in [0.2, 0.25) is 0 Å². The van der Waals surface area contributed by atoms with E-state index in [4.69, 9.17) is 10.5 Å². The van der Waals surface area contributed by atoms with Gasteiger partial charge in [-0.25, -0.2) is 4.39 Å². The van der Waals surface area contributed by atoms with E-state index in [1.807, 2.05) is 6.92 Å². The van der Waals surface area contributed by atoms with Crippen LogP contribution in [0.4, 0.5) is 15.8 Å². The first-order valence-electron chi connectivity index (χ1n) is 6.30. The van der Waals surface area contributed by atoms with E-state index in [-0.39, 0.29) is 17.2 Å². The van der Waals surface area contributed by atoms with Crippen molar-refractivity contribution in [2.75, 3.05) is 17.7 Å². The van der Waals surface area contributed by atoms with E-state index >= 15 is 0 Å². The zero-order valence-corrected chi connectivity index (χ0v) is 12.9. The highest BCUT2D eigenvalue weighted by Gasteiger charge is 2.13. The molecule has 0 aliphatic heterocycles. The lowest BCUT2D eigenvalue weighted by atomic mass is 10.1. The summed E-state index contributed by atoms with van der Waals surface area (Å²) in [6.45, 7) is 2.47. The van der Waals surface area contributed by atoms with Crippen LogP contribution in [0.15, 0.2) is 40.9 Å². The fourth-order valence-electron chi connectivity index (χ4n) is 1.74. The molecule has 1 amide bonds. The lowest BCUT2D eigenvalue weighted by Gasteiger charge is -2.09. The van der Waals surface area contributed by atoms with Crippen molar-refractivity contribution in [3.05, 3.63) is 52.3 Å². The summed E-state index contributed by atoms with van der Waals surface area (Å²) < 4.78 is 18.9. The van der Waals surface area contributed by atoms with E-state index < -0.39 is 5.82 Å². The number of amides is 1. The quantitative estimate of drug-likeness (QED) is 0.822. The Labute approximate surface area is 130 Å². The molecule has 0 bridgehead atoms. The average molecular weight is 353 g/mol. The van der Waals surface area contributed by atoms with E-state index in [0.29, 0.717) is 16.8 Å². The summed E-state index contributed by atoms with van der Waals surface area (Å²) in [6, 6.07) is 9.43. The minimum atomic E-state index is -0.570. The summed E-state index contributed by atoms with van der Waals surface area (Å²) >= 11 is 3.15. The number of halogens is 2. The van der Waals surface area contributed by atoms with Crippen molar-refractivity contribution >= 4 is 33.2 Å². The highest BCUT2D eigenvalue weighted by Crippen LogP contribution is 2.24. The minimum absolute atomic E-state index is 0.0740. The molecule has 110 valence electrons. The summed E-state index contributed by atoms with van der Waals surface area (Å²) in [7, 11) is 0. The molecule has 0 radical (unpaired) electrons. The Morgan fingerprint density at radius 3 is 2.62 bits per heavy atom. The second kappa shape index (κ2) is 6.58. The van der Waals surface area contributed by atoms with Crippen molar-refractivity contribution in [3.63, 3.8) is 0 Å². The van der Waals surface area contributed by atoms with Crippen molar-refractivity contribution < 1.29 is 13.9 Å². The van der Waals surface area contributed by atoms with Crippen molar-refractivity contribution in [2.45, 2.75) is 6.92 Å². The molecule has 0 aliphatic rings. The lowest BCUT2D eigenvalue weighted by molar-refractivity contribution is 0.102. The van der Waals surface area contributed by atoms with Gasteiger partial charge in [-0.1, -0.05) is 0 Å². The molecule has 0 heterocycles. The molecule has 3 N–H and O–H groups in total. The molecule has 0 saturated carbocycles. The van der Waals surface area contributed by atoms with Gasteiger partial charge in [0.15, 0.2) is 0 Å². The van der Waals surface area contributed by atoms with Crippen LogP contribution in [0.25, 0.3) is 0 Å². The Bertz CT molecular complexity index is 659. The number of nitrogens with two attached hydrogens (primary N) is 1. The first-order chi connectivity index (χ1) is 10.0. The molecule has 0 unspecified atom stereocenters. The predicted molar refractivity (Wildman–Crippen MR) is 84.1 cm³/mol. The maximum absolute atomic E-state index is 13.3. The lowest BCUT2D eigenvalue weighted by Crippen LogP contribution is -2.13. The van der Waals surface area contributed by atoms with Crippen LogP contribution in [-0.2, 0) is 0 Å². The highest BCUT2D eigenvalue weighted by molar-refractivity contribution is 9.10. The van der Waals surface area contributed by atoms with E-state index in [2.05, 4.69) is 21.2 Å². The third-order valence-corrected chi connectivity index (χ3v) is 3.41. The highest BCUT2D eigenvalue weighted by atomic mass is 79.9. The SMILES string of the molecule is CCOc1ccc(NC(=O)c2cc(N)c(F)cc2Br)cc1. The molecular formula is C15H14BrFN2O2. The van der Waals surface area contributed by atoms with Crippen molar-refractivity contribution in [2.24, 2.45) is 0 Å². The topological polar surface area (TPSA) is 64.3 Å². The summed E-state index contributed by atoms with van der Waals surface area (Å²) in [6.07, 6.45) is 0. The van der Waals surface area contributed by atoms with Gasteiger partial charge in [-0.05, 0) is 59.3 Å². The molecule has 0 atom stereocenters. The molecule has 4 nitrogen and oxygen atoms in total. The van der Waals surface area contributed by atoms with Crippen LogP contribution in [0.1, 0.15) is 17.3 Å². The largest absolute Gasteiger partial charge is 0.494 e. The standard InChI is InChI=1S/C15H14BrFN2O2/c1-2-21-10-5-3-9(4-6-10)19-15(20)11-7-14(18)13(17)8-12(11)16/h3-8H,2,18H2,1H3,(H,19,20). The van der Waals surface area contributed by atoms with Gasteiger partial charge in [-0.15, -0.1) is 0 Å². The number of nitrogens with one attached hydrogen (secondary N) is 1. The Balaban J connectivity index is 2.16. The molecule has 2 aromatic carbocycles. The zero-order valence-electron chi connectivity index (χ0n) is 11.3. The van der Waals surface area contributed by atoms with Gasteiger partial charge in [0.05, 0.1) is 17.9 Å². The molecular weight excluding hydrogens is 339 g/mol. The number of carbonyl (C=O) groups is 1. The number of ether oxygens (including phenoxy) is 1. The van der Waals surface area contributed by atoms with Crippen LogP contribution >= 0.6 is 15.9 Å². The van der Waals surface area contributed by atoms with Gasteiger partial charge in [-0.2, -0.15) is 0 Å². The summed E-state index contributed by atoms with van der Waals surface area (Å²) in [4.78, 5) is 12.2. The van der Waals surface area contributed by atoms with Crippen molar-refractivity contribution in [3.8, 4) is 5.75 Å². The molecule has 0 saturated heterocycles. The van der Waals surface area contributed by atoms with E-state index in [0.717, 1.165) is 5.75 Å².